The summed E-state index contributed by atoms with van der Waals surface area (Å²) in [5.74, 6) is 0.835. The van der Waals surface area contributed by atoms with Crippen LogP contribution in [0.4, 0.5) is 13.2 Å². The zero-order chi connectivity index (χ0) is 32.6. The minimum Gasteiger partial charge on any atom is -0.425 e. The molecule has 2 heterocycles. The molecule has 4 rings (SSSR count). The van der Waals surface area contributed by atoms with Gasteiger partial charge in [0.15, 0.2) is 5.16 Å². The summed E-state index contributed by atoms with van der Waals surface area (Å²) in [4.78, 5) is 34.5. The lowest BCUT2D eigenvalue weighted by molar-refractivity contribution is -0.137. The number of halogens is 3. The Balaban J connectivity index is 1.54. The summed E-state index contributed by atoms with van der Waals surface area (Å²) in [5, 5.41) is 12.5. The van der Waals surface area contributed by atoms with Gasteiger partial charge in [-0.1, -0.05) is 68.9 Å². The third-order valence-electron chi connectivity index (χ3n) is 7.23. The van der Waals surface area contributed by atoms with Crippen molar-refractivity contribution in [1.82, 2.24) is 34.8 Å². The van der Waals surface area contributed by atoms with Gasteiger partial charge in [0, 0.05) is 26.6 Å². The molecule has 240 valence electrons. The lowest BCUT2D eigenvalue weighted by Gasteiger charge is -2.27. The van der Waals surface area contributed by atoms with Crippen molar-refractivity contribution in [2.45, 2.75) is 64.3 Å². The second-order valence-corrected chi connectivity index (χ2v) is 11.2. The Kier molecular flexibility index (Phi) is 11.5. The summed E-state index contributed by atoms with van der Waals surface area (Å²) in [6.07, 6.45) is -4.03. The maximum absolute atomic E-state index is 13.8. The van der Waals surface area contributed by atoms with Gasteiger partial charge in [0.25, 0.3) is 5.56 Å². The smallest absolute Gasteiger partial charge is 0.416 e. The molecule has 4 aromatic rings. The van der Waals surface area contributed by atoms with Gasteiger partial charge in [-0.2, -0.15) is 23.3 Å². The Labute approximate surface area is 263 Å². The van der Waals surface area contributed by atoms with Crippen LogP contribution in [0.25, 0.3) is 11.1 Å². The van der Waals surface area contributed by atoms with Crippen molar-refractivity contribution in [2.75, 3.05) is 26.2 Å². The monoisotopic (exact) mass is 643 g/mol. The fourth-order valence-corrected chi connectivity index (χ4v) is 5.36. The van der Waals surface area contributed by atoms with Gasteiger partial charge in [0.2, 0.25) is 17.7 Å². The van der Waals surface area contributed by atoms with Crippen LogP contribution < -0.4 is 5.56 Å². The number of hydrogen-bond donors (Lipinski definition) is 0. The molecule has 0 N–H and O–H groups in total. The lowest BCUT2D eigenvalue weighted by atomic mass is 10.0. The van der Waals surface area contributed by atoms with E-state index < -0.39 is 17.3 Å². The molecule has 0 aliphatic rings. The maximum atomic E-state index is 13.8. The first kappa shape index (κ1) is 33.8. The highest BCUT2D eigenvalue weighted by atomic mass is 32.2. The molecule has 0 radical (unpaired) electrons. The van der Waals surface area contributed by atoms with E-state index in [1.807, 2.05) is 24.3 Å². The van der Waals surface area contributed by atoms with Crippen molar-refractivity contribution in [3.8, 4) is 11.1 Å². The van der Waals surface area contributed by atoms with E-state index >= 15 is 0 Å². The van der Waals surface area contributed by atoms with Crippen molar-refractivity contribution in [3.63, 3.8) is 0 Å². The van der Waals surface area contributed by atoms with E-state index in [2.05, 4.69) is 39.0 Å². The molecule has 2 aromatic heterocycles. The van der Waals surface area contributed by atoms with E-state index in [-0.39, 0.29) is 29.1 Å². The van der Waals surface area contributed by atoms with E-state index in [0.717, 1.165) is 36.3 Å². The van der Waals surface area contributed by atoms with Crippen molar-refractivity contribution in [1.29, 1.82) is 0 Å². The number of nitrogens with zero attached hydrogens (tertiary/aromatic N) is 7. The minimum absolute atomic E-state index is 0.132. The predicted octanol–water partition coefficient (Wildman–Crippen LogP) is 5.24. The summed E-state index contributed by atoms with van der Waals surface area (Å²) in [7, 11) is 0. The number of aryl methyl sites for hydroxylation is 2. The number of alkyl halides is 3. The van der Waals surface area contributed by atoms with Crippen LogP contribution in [-0.2, 0) is 36.2 Å². The minimum atomic E-state index is -4.39. The second-order valence-electron chi connectivity index (χ2n) is 10.3. The van der Waals surface area contributed by atoms with Gasteiger partial charge in [-0.25, -0.2) is 4.68 Å². The number of thioether (sulfide) groups is 1. The highest BCUT2D eigenvalue weighted by Gasteiger charge is 2.30. The highest BCUT2D eigenvalue weighted by molar-refractivity contribution is 7.98. The van der Waals surface area contributed by atoms with Gasteiger partial charge < -0.3 is 14.2 Å². The van der Waals surface area contributed by atoms with Gasteiger partial charge in [-0.3, -0.25) is 9.59 Å². The fourth-order valence-electron chi connectivity index (χ4n) is 4.59. The Morgan fingerprint density at radius 1 is 0.956 bits per heavy atom. The third kappa shape index (κ3) is 9.24. The zero-order valence-electron chi connectivity index (χ0n) is 25.7. The van der Waals surface area contributed by atoms with Crippen LogP contribution in [-0.4, -0.2) is 66.8 Å². The Morgan fingerprint density at radius 3 is 2.16 bits per heavy atom. The summed E-state index contributed by atoms with van der Waals surface area (Å²) >= 11 is 1.18. The molecule has 10 nitrogen and oxygen atoms in total. The van der Waals surface area contributed by atoms with Crippen molar-refractivity contribution in [2.24, 2.45) is 0 Å². The molecule has 0 aliphatic heterocycles. The molecule has 0 unspecified atom stereocenters. The Bertz CT molecular complexity index is 1620. The maximum Gasteiger partial charge on any atom is 0.416 e. The summed E-state index contributed by atoms with van der Waals surface area (Å²) < 4.78 is 45.8. The number of benzene rings is 2. The molecule has 0 saturated heterocycles. The highest BCUT2D eigenvalue weighted by Crippen LogP contribution is 2.31. The van der Waals surface area contributed by atoms with E-state index in [1.54, 1.807) is 18.7 Å². The molecular formula is C31H36F3N7O3S. The Hall–Kier alpha value is -4.04. The normalized spacial score (nSPS) is 11.7. The van der Waals surface area contributed by atoms with Gasteiger partial charge >= 0.3 is 6.18 Å². The van der Waals surface area contributed by atoms with E-state index in [4.69, 9.17) is 4.42 Å². The third-order valence-corrected chi connectivity index (χ3v) is 8.18. The van der Waals surface area contributed by atoms with Crippen LogP contribution in [0.3, 0.4) is 0 Å². The van der Waals surface area contributed by atoms with Crippen LogP contribution in [0, 0.1) is 6.92 Å². The first-order valence-corrected chi connectivity index (χ1v) is 15.7. The average Bonchev–Trinajstić information content (AvgIpc) is 3.45. The van der Waals surface area contributed by atoms with E-state index in [9.17, 15) is 22.8 Å². The molecular weight excluding hydrogens is 607 g/mol. The second kappa shape index (κ2) is 15.3. The van der Waals surface area contributed by atoms with Crippen molar-refractivity contribution < 1.29 is 22.4 Å². The number of hydrogen-bond acceptors (Lipinski definition) is 9. The van der Waals surface area contributed by atoms with E-state index in [0.29, 0.717) is 43.4 Å². The number of carbonyl (C=O) groups excluding carboxylic acids is 1. The largest absolute Gasteiger partial charge is 0.425 e. The molecule has 0 aliphatic carbocycles. The average molecular weight is 644 g/mol. The molecule has 0 bridgehead atoms. The molecule has 1 amide bonds. The van der Waals surface area contributed by atoms with Gasteiger partial charge in [0.1, 0.15) is 12.2 Å². The van der Waals surface area contributed by atoms with Crippen LogP contribution in [0.15, 0.2) is 62.9 Å². The Morgan fingerprint density at radius 2 is 1.60 bits per heavy atom. The van der Waals surface area contributed by atoms with Crippen molar-refractivity contribution in [3.05, 3.63) is 87.5 Å². The summed E-state index contributed by atoms with van der Waals surface area (Å²) in [6, 6.07) is 12.4. The quantitative estimate of drug-likeness (QED) is 0.170. The first-order valence-electron chi connectivity index (χ1n) is 14.7. The van der Waals surface area contributed by atoms with Crippen LogP contribution in [0.2, 0.25) is 0 Å². The van der Waals surface area contributed by atoms with Crippen LogP contribution >= 0.6 is 11.8 Å². The number of likely N-dealkylation sites (N-methyl/N-ethyl adjacent to an activating group) is 1. The molecule has 0 fully saturated rings. The fraction of sp³-hybridized carbons (Fsp3) is 0.419. The number of aromatic nitrogens is 5. The number of amides is 1. The van der Waals surface area contributed by atoms with Crippen LogP contribution in [0.5, 0.6) is 0 Å². The molecule has 0 saturated carbocycles. The summed E-state index contributed by atoms with van der Waals surface area (Å²) in [6.45, 7) is 10.6. The topological polar surface area (TPSA) is 110 Å². The zero-order valence-corrected chi connectivity index (χ0v) is 26.5. The molecule has 45 heavy (non-hydrogen) atoms. The predicted molar refractivity (Wildman–Crippen MR) is 164 cm³/mol. The van der Waals surface area contributed by atoms with Gasteiger partial charge in [0.05, 0.1) is 11.3 Å². The lowest BCUT2D eigenvalue weighted by Crippen LogP contribution is -2.40. The van der Waals surface area contributed by atoms with Gasteiger partial charge in [-0.15, -0.1) is 10.2 Å². The molecule has 0 spiro atoms. The molecule has 14 heteroatoms. The SMILES string of the molecule is CCc1nn(CC(=O)N(CCN(CC)CC)Cc2ccc(-c3ccc(C(F)(F)F)cc3)cc2)c(SCc2nnc(C)o2)nc1=O. The number of carbonyl (C=O) groups is 1. The van der Waals surface area contributed by atoms with Crippen LogP contribution in [0.1, 0.15) is 49.4 Å². The standard InChI is InChI=1S/C31H36F3N7O3S/c1-5-26-29(43)35-30(45-20-27-37-36-21(4)44-27)41(38-26)19-28(42)40(17-16-39(6-2)7-3)18-22-8-10-23(11-9-22)24-12-14-25(15-13-24)31(32,33)34/h8-15H,5-7,16-20H2,1-4H3. The molecule has 2 aromatic carbocycles. The first-order chi connectivity index (χ1) is 21.5. The van der Waals surface area contributed by atoms with E-state index in [1.165, 1.54) is 28.6 Å². The summed E-state index contributed by atoms with van der Waals surface area (Å²) in [5.41, 5.74) is 1.40. The molecule has 0 atom stereocenters. The van der Waals surface area contributed by atoms with Gasteiger partial charge in [-0.05, 0) is 48.3 Å². The number of rotatable bonds is 14. The van der Waals surface area contributed by atoms with Crippen molar-refractivity contribution >= 4 is 17.7 Å².